The van der Waals surface area contributed by atoms with Gasteiger partial charge in [0.2, 0.25) is 0 Å². The van der Waals surface area contributed by atoms with Crippen molar-refractivity contribution >= 4 is 17.9 Å². The summed E-state index contributed by atoms with van der Waals surface area (Å²) in [5, 5.41) is 11.7. The molecule has 4 nitrogen and oxygen atoms in total. The maximum atomic E-state index is 11.5. The van der Waals surface area contributed by atoms with E-state index in [1.54, 1.807) is 11.8 Å². The average Bonchev–Trinajstić information content (AvgIpc) is 2.15. The minimum Gasteiger partial charge on any atom is -0.444 e. The molecule has 0 aromatic rings. The minimum atomic E-state index is -0.492. The molecule has 1 amide bonds. The lowest BCUT2D eigenvalue weighted by atomic mass is 10.00. The Balaban J connectivity index is 2.46. The van der Waals surface area contributed by atoms with E-state index >= 15 is 0 Å². The molecule has 0 saturated carbocycles. The van der Waals surface area contributed by atoms with Crippen LogP contribution in [0, 0.1) is 17.2 Å². The number of hydrogen-bond donors (Lipinski definition) is 1. The Hall–Kier alpha value is -0.890. The van der Waals surface area contributed by atoms with E-state index in [9.17, 15) is 4.79 Å². The maximum absolute atomic E-state index is 11.5. The first kappa shape index (κ1) is 13.2. The van der Waals surface area contributed by atoms with Gasteiger partial charge < -0.3 is 10.1 Å². The highest BCUT2D eigenvalue weighted by Crippen LogP contribution is 2.23. The van der Waals surface area contributed by atoms with E-state index in [0.29, 0.717) is 0 Å². The predicted molar refractivity (Wildman–Crippen MR) is 64.2 cm³/mol. The molecule has 2 atom stereocenters. The summed E-state index contributed by atoms with van der Waals surface area (Å²) in [6, 6.07) is 2.15. The predicted octanol–water partition coefficient (Wildman–Crippen LogP) is 2.16. The largest absolute Gasteiger partial charge is 0.444 e. The van der Waals surface area contributed by atoms with Crippen molar-refractivity contribution < 1.29 is 9.53 Å². The van der Waals surface area contributed by atoms with Gasteiger partial charge in [-0.2, -0.15) is 17.0 Å². The van der Waals surface area contributed by atoms with Gasteiger partial charge in [0.25, 0.3) is 0 Å². The first-order valence-electron chi connectivity index (χ1n) is 5.39. The molecule has 1 N–H and O–H groups in total. The fraction of sp³-hybridized carbons (Fsp3) is 0.818. The van der Waals surface area contributed by atoms with Crippen molar-refractivity contribution in [3.63, 3.8) is 0 Å². The van der Waals surface area contributed by atoms with Crippen LogP contribution in [0.1, 0.15) is 27.2 Å². The molecule has 1 heterocycles. The molecule has 1 aliphatic heterocycles. The van der Waals surface area contributed by atoms with Gasteiger partial charge in [-0.05, 0) is 32.9 Å². The van der Waals surface area contributed by atoms with Crippen molar-refractivity contribution in [3.05, 3.63) is 0 Å². The zero-order valence-electron chi connectivity index (χ0n) is 9.95. The van der Waals surface area contributed by atoms with Gasteiger partial charge in [0, 0.05) is 5.75 Å². The molecule has 0 aromatic carbocycles. The number of rotatable bonds is 1. The maximum Gasteiger partial charge on any atom is 0.407 e. The lowest BCUT2D eigenvalue weighted by molar-refractivity contribution is 0.0499. The number of thioether (sulfide) groups is 1. The van der Waals surface area contributed by atoms with Gasteiger partial charge in [0.1, 0.15) is 5.60 Å². The van der Waals surface area contributed by atoms with Gasteiger partial charge in [0.05, 0.1) is 18.0 Å². The quantitative estimate of drug-likeness (QED) is 0.765. The van der Waals surface area contributed by atoms with Crippen LogP contribution in [0.5, 0.6) is 0 Å². The molecule has 0 spiro atoms. The van der Waals surface area contributed by atoms with Crippen LogP contribution in [-0.4, -0.2) is 29.2 Å². The Bertz CT molecular complexity index is 293. The Morgan fingerprint density at radius 2 is 2.25 bits per heavy atom. The van der Waals surface area contributed by atoms with Crippen LogP contribution in [0.3, 0.4) is 0 Å². The van der Waals surface area contributed by atoms with E-state index in [1.165, 1.54) is 0 Å². The average molecular weight is 242 g/mol. The topological polar surface area (TPSA) is 62.1 Å². The molecule has 1 rings (SSSR count). The molecule has 1 saturated heterocycles. The standard InChI is InChI=1S/C11H18N2O2S/c1-11(2,3)15-10(14)13-9-7-16-5-4-8(9)6-12/h8-9H,4-5,7H2,1-3H3,(H,13,14)/t8-,9-/m1/s1. The fourth-order valence-electron chi connectivity index (χ4n) is 1.49. The highest BCUT2D eigenvalue weighted by Gasteiger charge is 2.28. The highest BCUT2D eigenvalue weighted by atomic mass is 32.2. The van der Waals surface area contributed by atoms with Crippen LogP contribution in [0.15, 0.2) is 0 Å². The van der Waals surface area contributed by atoms with Crippen LogP contribution in [-0.2, 0) is 4.74 Å². The summed E-state index contributed by atoms with van der Waals surface area (Å²) in [4.78, 5) is 11.5. The second-order valence-electron chi connectivity index (χ2n) is 4.85. The summed E-state index contributed by atoms with van der Waals surface area (Å²) in [6.45, 7) is 5.47. The van der Waals surface area contributed by atoms with Gasteiger partial charge in [-0.25, -0.2) is 4.79 Å². The second kappa shape index (κ2) is 5.44. The molecule has 0 unspecified atom stereocenters. The summed E-state index contributed by atoms with van der Waals surface area (Å²) in [7, 11) is 0. The number of nitrogens with one attached hydrogen (secondary N) is 1. The number of alkyl carbamates (subject to hydrolysis) is 1. The summed E-state index contributed by atoms with van der Waals surface area (Å²) in [5.41, 5.74) is -0.492. The summed E-state index contributed by atoms with van der Waals surface area (Å²) in [6.07, 6.45) is 0.405. The third-order valence-electron chi connectivity index (χ3n) is 2.22. The zero-order chi connectivity index (χ0) is 12.2. The molecular weight excluding hydrogens is 224 g/mol. The normalized spacial score (nSPS) is 25.6. The molecule has 0 aromatic heterocycles. The van der Waals surface area contributed by atoms with Gasteiger partial charge in [0.15, 0.2) is 0 Å². The molecular formula is C11H18N2O2S. The van der Waals surface area contributed by atoms with Crippen molar-refractivity contribution in [3.8, 4) is 6.07 Å². The van der Waals surface area contributed by atoms with Crippen molar-refractivity contribution in [1.29, 1.82) is 5.26 Å². The molecule has 0 bridgehead atoms. The van der Waals surface area contributed by atoms with E-state index in [4.69, 9.17) is 10.00 Å². The first-order valence-corrected chi connectivity index (χ1v) is 6.55. The number of nitrogens with zero attached hydrogens (tertiary/aromatic N) is 1. The van der Waals surface area contributed by atoms with E-state index in [2.05, 4.69) is 11.4 Å². The number of carbonyl (C=O) groups is 1. The number of carbonyl (C=O) groups excluding carboxylic acids is 1. The summed E-state index contributed by atoms with van der Waals surface area (Å²) >= 11 is 1.76. The first-order chi connectivity index (χ1) is 7.42. The molecule has 1 fully saturated rings. The third kappa shape index (κ3) is 4.31. The van der Waals surface area contributed by atoms with Crippen LogP contribution in [0.4, 0.5) is 4.79 Å². The smallest absolute Gasteiger partial charge is 0.407 e. The lowest BCUT2D eigenvalue weighted by Crippen LogP contribution is -2.45. The van der Waals surface area contributed by atoms with E-state index in [-0.39, 0.29) is 12.0 Å². The van der Waals surface area contributed by atoms with E-state index in [0.717, 1.165) is 17.9 Å². The summed E-state index contributed by atoms with van der Waals surface area (Å²) < 4.78 is 5.16. The van der Waals surface area contributed by atoms with E-state index < -0.39 is 11.7 Å². The Kier molecular flexibility index (Phi) is 4.48. The second-order valence-corrected chi connectivity index (χ2v) is 6.00. The number of hydrogen-bond acceptors (Lipinski definition) is 4. The van der Waals surface area contributed by atoms with Crippen molar-refractivity contribution in [2.45, 2.75) is 38.8 Å². The Morgan fingerprint density at radius 1 is 1.56 bits per heavy atom. The van der Waals surface area contributed by atoms with Gasteiger partial charge >= 0.3 is 6.09 Å². The van der Waals surface area contributed by atoms with Crippen molar-refractivity contribution in [1.82, 2.24) is 5.32 Å². The molecule has 1 aliphatic rings. The van der Waals surface area contributed by atoms with Gasteiger partial charge in [-0.3, -0.25) is 0 Å². The Morgan fingerprint density at radius 3 is 2.81 bits per heavy atom. The van der Waals surface area contributed by atoms with Crippen LogP contribution < -0.4 is 5.32 Å². The molecule has 0 radical (unpaired) electrons. The molecule has 16 heavy (non-hydrogen) atoms. The lowest BCUT2D eigenvalue weighted by Gasteiger charge is -2.28. The SMILES string of the molecule is CC(C)(C)OC(=O)N[C@@H]1CSCC[C@@H]1C#N. The molecule has 0 aliphatic carbocycles. The fourth-order valence-corrected chi connectivity index (χ4v) is 2.65. The van der Waals surface area contributed by atoms with Crippen LogP contribution in [0.25, 0.3) is 0 Å². The molecule has 90 valence electrons. The monoisotopic (exact) mass is 242 g/mol. The minimum absolute atomic E-state index is 0.0846. The summed E-state index contributed by atoms with van der Waals surface area (Å²) in [5.74, 6) is 1.69. The molecule has 5 heteroatoms. The van der Waals surface area contributed by atoms with E-state index in [1.807, 2.05) is 20.8 Å². The zero-order valence-corrected chi connectivity index (χ0v) is 10.8. The highest BCUT2D eigenvalue weighted by molar-refractivity contribution is 7.99. The number of ether oxygens (including phenoxy) is 1. The van der Waals surface area contributed by atoms with Gasteiger partial charge in [-0.15, -0.1) is 0 Å². The van der Waals surface area contributed by atoms with Crippen molar-refractivity contribution in [2.75, 3.05) is 11.5 Å². The van der Waals surface area contributed by atoms with Gasteiger partial charge in [-0.1, -0.05) is 0 Å². The van der Waals surface area contributed by atoms with Crippen LogP contribution >= 0.6 is 11.8 Å². The Labute approximate surface area is 101 Å². The van der Waals surface area contributed by atoms with Crippen LogP contribution in [0.2, 0.25) is 0 Å². The third-order valence-corrected chi connectivity index (χ3v) is 3.34. The van der Waals surface area contributed by atoms with Crippen molar-refractivity contribution in [2.24, 2.45) is 5.92 Å². The number of nitriles is 1. The number of amides is 1.